The van der Waals surface area contributed by atoms with Crippen molar-refractivity contribution in [2.45, 2.75) is 38.9 Å². The van der Waals surface area contributed by atoms with Crippen LogP contribution in [0.15, 0.2) is 194 Å². The van der Waals surface area contributed by atoms with Gasteiger partial charge in [0.15, 0.2) is 17.5 Å². The first-order valence-electron chi connectivity index (χ1n) is 26.3. The average molecular weight is 1100 g/mol. The lowest BCUT2D eigenvalue weighted by Gasteiger charge is -2.32. The molecule has 0 N–H and O–H groups in total. The lowest BCUT2D eigenvalue weighted by atomic mass is 9.78. The summed E-state index contributed by atoms with van der Waals surface area (Å²) in [6.45, 7) is 8.39. The fraction of sp³-hybridized carbons (Fsp3) is 0.121. The van der Waals surface area contributed by atoms with Gasteiger partial charge in [-0.2, -0.15) is 24.9 Å². The Kier molecular flexibility index (Phi) is 12.9. The Morgan fingerprint density at radius 2 is 0.700 bits per heavy atom. The van der Waals surface area contributed by atoms with Gasteiger partial charge in [0.25, 0.3) is 0 Å². The number of benzene rings is 10. The maximum Gasteiger partial charge on any atom is 0.494 e. The Hall–Kier alpha value is -8.29. The molecule has 14 aromatic rings. The van der Waals surface area contributed by atoms with E-state index in [-0.39, 0.29) is 34.2 Å². The maximum atomic E-state index is 6.33. The first kappa shape index (κ1) is 51.2. The lowest BCUT2D eigenvalue weighted by Crippen LogP contribution is -2.41. The van der Waals surface area contributed by atoms with Crippen molar-refractivity contribution < 1.29 is 9.31 Å². The van der Waals surface area contributed by atoms with Crippen molar-refractivity contribution in [3.05, 3.63) is 210 Å². The van der Waals surface area contributed by atoms with Crippen molar-refractivity contribution in [2.75, 3.05) is 0 Å². The minimum Gasteiger partial charge on any atom is -0.399 e. The molecular weight excluding hydrogens is 1050 g/mol. The van der Waals surface area contributed by atoms with E-state index in [0.29, 0.717) is 17.5 Å². The van der Waals surface area contributed by atoms with Crippen LogP contribution < -0.4 is 5.46 Å². The smallest absolute Gasteiger partial charge is 0.399 e. The topological polar surface area (TPSA) is 106 Å². The van der Waals surface area contributed by atoms with Crippen LogP contribution in [0.5, 0.6) is 0 Å². The quantitative estimate of drug-likeness (QED) is 0.127. The predicted octanol–water partition coefficient (Wildman–Crippen LogP) is 16.6. The second-order valence-corrected chi connectivity index (χ2v) is 22.0. The van der Waals surface area contributed by atoms with Gasteiger partial charge in [0.1, 0.15) is 0 Å². The minimum atomic E-state index is -0.360. The van der Waals surface area contributed by atoms with Crippen LogP contribution in [0.1, 0.15) is 27.7 Å². The molecule has 1 aliphatic rings. The number of rotatable bonds is 4. The molecule has 4 aromatic heterocycles. The molecule has 0 aliphatic carbocycles. The van der Waals surface area contributed by atoms with Crippen LogP contribution >= 0.6 is 34.8 Å². The fourth-order valence-electron chi connectivity index (χ4n) is 11.3. The van der Waals surface area contributed by atoms with Crippen molar-refractivity contribution in [3.63, 3.8) is 0 Å². The monoisotopic (exact) mass is 1100 g/mol. The molecule has 14 heteroatoms. The van der Waals surface area contributed by atoms with Gasteiger partial charge in [-0.3, -0.25) is 0 Å². The van der Waals surface area contributed by atoms with Crippen LogP contribution in [0.3, 0.4) is 0 Å². The highest BCUT2D eigenvalue weighted by Gasteiger charge is 2.51. The Bertz CT molecular complexity index is 4730. The molecule has 0 saturated carbocycles. The summed E-state index contributed by atoms with van der Waals surface area (Å²) in [5.74, 6) is 1.61. The highest BCUT2D eigenvalue weighted by molar-refractivity contribution is 6.62. The molecule has 390 valence electrons. The van der Waals surface area contributed by atoms with E-state index >= 15 is 0 Å². The van der Waals surface area contributed by atoms with Gasteiger partial charge < -0.3 is 18.4 Å². The second-order valence-electron chi connectivity index (χ2n) is 21.0. The highest BCUT2D eigenvalue weighted by Crippen LogP contribution is 2.43. The predicted molar refractivity (Wildman–Crippen MR) is 331 cm³/mol. The third kappa shape index (κ3) is 8.86. The van der Waals surface area contributed by atoms with Crippen molar-refractivity contribution in [2.24, 2.45) is 14.1 Å². The average Bonchev–Trinajstić information content (AvgIpc) is 4.07. The van der Waals surface area contributed by atoms with Crippen molar-refractivity contribution >= 4 is 134 Å². The number of hydrogen-bond donors (Lipinski definition) is 0. The Morgan fingerprint density at radius 3 is 1.16 bits per heavy atom. The van der Waals surface area contributed by atoms with E-state index < -0.39 is 0 Å². The Labute approximate surface area is 476 Å². The molecule has 1 fully saturated rings. The van der Waals surface area contributed by atoms with E-state index in [1.165, 1.54) is 81.2 Å². The summed E-state index contributed by atoms with van der Waals surface area (Å²) in [4.78, 5) is 25.1. The first-order valence-corrected chi connectivity index (χ1v) is 27.4. The number of nitrogens with zero attached hydrogens (tertiary/aromatic N) is 8. The normalized spacial score (nSPS) is 13.9. The van der Waals surface area contributed by atoms with Crippen LogP contribution in [0.25, 0.3) is 121 Å². The number of aromatic nitrogens is 8. The molecule has 10 aromatic carbocycles. The third-order valence-electron chi connectivity index (χ3n) is 15.8. The standard InChI is InChI=1S/C30H19ClN4.C27H26BNO2.C9H5Cl2N3/c1-35-25-17-19(29-32-28(33-30(31)34-29)18-9-3-2-4-10-18)15-16-24(25)26-22-13-7-5-11-20(22)21-12-6-8-14-23(21)27(26)35;1-26(2)27(3,4)31-28(30-26)17-14-15-22-23(16-17)29(5)25-21-13-9-7-11-19(21)18-10-6-8-12-20(18)24(22)25;10-8-12-7(13-9(11)14-8)6-4-2-1-3-5-6/h2-17H,1H3;6-16H,1-5H3;1-5H. The highest BCUT2D eigenvalue weighted by atomic mass is 35.5. The number of halogens is 3. The molecule has 10 nitrogen and oxygen atoms in total. The van der Waals surface area contributed by atoms with Crippen molar-refractivity contribution in [1.29, 1.82) is 0 Å². The molecule has 0 unspecified atom stereocenters. The summed E-state index contributed by atoms with van der Waals surface area (Å²) in [6.07, 6.45) is 0. The van der Waals surface area contributed by atoms with Gasteiger partial charge in [-0.25, -0.2) is 4.98 Å². The van der Waals surface area contributed by atoms with Gasteiger partial charge >= 0.3 is 7.12 Å². The summed E-state index contributed by atoms with van der Waals surface area (Å²) >= 11 is 17.6. The Morgan fingerprint density at radius 1 is 0.350 bits per heavy atom. The number of aryl methyl sites for hydroxylation is 2. The first-order chi connectivity index (χ1) is 38.7. The van der Waals surface area contributed by atoms with Crippen LogP contribution in [-0.2, 0) is 23.4 Å². The summed E-state index contributed by atoms with van der Waals surface area (Å²) in [5.41, 5.74) is 7.85. The summed E-state index contributed by atoms with van der Waals surface area (Å²) in [6, 6.07) is 67.0. The second kappa shape index (κ2) is 20.1. The summed E-state index contributed by atoms with van der Waals surface area (Å²) in [5, 5.41) is 15.6. The largest absolute Gasteiger partial charge is 0.494 e. The van der Waals surface area contributed by atoms with Crippen molar-refractivity contribution in [3.8, 4) is 34.2 Å². The summed E-state index contributed by atoms with van der Waals surface area (Å²) < 4.78 is 17.3. The van der Waals surface area contributed by atoms with Crippen LogP contribution in [0.4, 0.5) is 0 Å². The van der Waals surface area contributed by atoms with Crippen LogP contribution in [0, 0.1) is 0 Å². The fourth-order valence-corrected chi connectivity index (χ4v) is 11.8. The molecule has 1 saturated heterocycles. The number of fused-ring (bicyclic) bond motifs is 16. The van der Waals surface area contributed by atoms with Gasteiger partial charge in [-0.1, -0.05) is 182 Å². The van der Waals surface area contributed by atoms with Gasteiger partial charge in [-0.05, 0) is 112 Å². The van der Waals surface area contributed by atoms with Crippen LogP contribution in [0.2, 0.25) is 15.9 Å². The maximum absolute atomic E-state index is 6.33. The van der Waals surface area contributed by atoms with E-state index in [1.807, 2.05) is 60.7 Å². The van der Waals surface area contributed by atoms with Crippen LogP contribution in [-0.4, -0.2) is 57.4 Å². The molecule has 0 atom stereocenters. The molecule has 0 bridgehead atoms. The SMILES string of the molecule is Clc1nc(Cl)nc(-c2ccccc2)n1.Cn1c2cc(-c3nc(Cl)nc(-c4ccccc4)n3)ccc2c2c3ccccc3c3ccccc3c21.Cn1c2cc(B3OC(C)(C)C(C)(C)O3)ccc2c2c3ccccc3c3ccccc3c21. The zero-order valence-electron chi connectivity index (χ0n) is 44.6. The third-order valence-corrected chi connectivity index (χ3v) is 16.3. The van der Waals surface area contributed by atoms with E-state index in [4.69, 9.17) is 49.1 Å². The zero-order valence-corrected chi connectivity index (χ0v) is 46.8. The van der Waals surface area contributed by atoms with E-state index in [9.17, 15) is 0 Å². The molecule has 1 aliphatic heterocycles. The van der Waals surface area contributed by atoms with E-state index in [1.54, 1.807) is 0 Å². The Balaban J connectivity index is 0.000000123. The molecule has 0 radical (unpaired) electrons. The zero-order chi connectivity index (χ0) is 55.0. The van der Waals surface area contributed by atoms with Crippen molar-refractivity contribution in [1.82, 2.24) is 39.0 Å². The molecule has 0 amide bonds. The van der Waals surface area contributed by atoms with E-state index in [2.05, 4.69) is 209 Å². The minimum absolute atomic E-state index is 0.101. The van der Waals surface area contributed by atoms with E-state index in [0.717, 1.165) is 27.7 Å². The molecular formula is C66H50BCl3N8O2. The van der Waals surface area contributed by atoms with Gasteiger partial charge in [0.2, 0.25) is 15.9 Å². The summed E-state index contributed by atoms with van der Waals surface area (Å²) in [7, 11) is 3.94. The molecule has 80 heavy (non-hydrogen) atoms. The number of hydrogen-bond acceptors (Lipinski definition) is 8. The lowest BCUT2D eigenvalue weighted by molar-refractivity contribution is 0.00578. The molecule has 15 rings (SSSR count). The van der Waals surface area contributed by atoms with Gasteiger partial charge in [0, 0.05) is 74.1 Å². The molecule has 0 spiro atoms. The van der Waals surface area contributed by atoms with Gasteiger partial charge in [0.05, 0.1) is 22.2 Å². The molecule has 5 heterocycles. The van der Waals surface area contributed by atoms with Gasteiger partial charge in [-0.15, -0.1) is 0 Å².